The third-order valence-corrected chi connectivity index (χ3v) is 4.53. The second-order valence-electron chi connectivity index (χ2n) is 5.79. The van der Waals surface area contributed by atoms with E-state index < -0.39 is 0 Å². The molecule has 0 radical (unpaired) electrons. The number of halogens is 1. The standard InChI is InChI=1S/C17H20ClN3O/c1-2-5-13-10-16(20-19-13)17(22)21-9-8-12(11-21)14-6-3-4-7-15(14)18/h3-4,6-7,10,12H,2,5,8-9,11H2,1H3,(H,19,20)/t12-/m1/s1. The molecule has 4 nitrogen and oxygen atoms in total. The van der Waals surface area contributed by atoms with Gasteiger partial charge in [0.1, 0.15) is 5.69 Å². The molecule has 1 amide bonds. The number of hydrogen-bond acceptors (Lipinski definition) is 2. The minimum absolute atomic E-state index is 0.00755. The molecule has 0 saturated carbocycles. The van der Waals surface area contributed by atoms with Crippen molar-refractivity contribution in [1.29, 1.82) is 0 Å². The number of nitrogens with one attached hydrogen (secondary N) is 1. The summed E-state index contributed by atoms with van der Waals surface area (Å²) in [5.74, 6) is 0.319. The van der Waals surface area contributed by atoms with Gasteiger partial charge in [0.2, 0.25) is 0 Å². The molecule has 1 atom stereocenters. The molecule has 1 aliphatic rings. The molecule has 0 bridgehead atoms. The molecular weight excluding hydrogens is 298 g/mol. The number of nitrogens with zero attached hydrogens (tertiary/aromatic N) is 2. The van der Waals surface area contributed by atoms with Crippen molar-refractivity contribution in [2.45, 2.75) is 32.1 Å². The molecule has 3 rings (SSSR count). The van der Waals surface area contributed by atoms with Gasteiger partial charge in [-0.3, -0.25) is 9.89 Å². The van der Waals surface area contributed by atoms with Gasteiger partial charge in [-0.25, -0.2) is 0 Å². The van der Waals surface area contributed by atoms with Gasteiger partial charge >= 0.3 is 0 Å². The van der Waals surface area contributed by atoms with Crippen LogP contribution in [0.5, 0.6) is 0 Å². The highest BCUT2D eigenvalue weighted by atomic mass is 35.5. The molecule has 1 N–H and O–H groups in total. The minimum atomic E-state index is 0.00755. The van der Waals surface area contributed by atoms with Crippen molar-refractivity contribution in [3.05, 3.63) is 52.3 Å². The maximum absolute atomic E-state index is 12.5. The summed E-state index contributed by atoms with van der Waals surface area (Å²) < 4.78 is 0. The highest BCUT2D eigenvalue weighted by molar-refractivity contribution is 6.31. The Morgan fingerprint density at radius 2 is 2.27 bits per heavy atom. The number of amides is 1. The van der Waals surface area contributed by atoms with Crippen LogP contribution in [0.4, 0.5) is 0 Å². The fourth-order valence-corrected chi connectivity index (χ4v) is 3.33. The number of likely N-dealkylation sites (tertiary alicyclic amines) is 1. The summed E-state index contributed by atoms with van der Waals surface area (Å²) >= 11 is 6.27. The van der Waals surface area contributed by atoms with Crippen LogP contribution in [0.1, 0.15) is 47.4 Å². The van der Waals surface area contributed by atoms with Crippen LogP contribution >= 0.6 is 11.6 Å². The zero-order chi connectivity index (χ0) is 15.5. The highest BCUT2D eigenvalue weighted by Crippen LogP contribution is 2.32. The average Bonchev–Trinajstić information content (AvgIpc) is 3.17. The Bertz CT molecular complexity index is 667. The lowest BCUT2D eigenvalue weighted by Gasteiger charge is -2.16. The Kier molecular flexibility index (Phi) is 4.48. The summed E-state index contributed by atoms with van der Waals surface area (Å²) in [6.45, 7) is 3.57. The molecule has 1 saturated heterocycles. The smallest absolute Gasteiger partial charge is 0.274 e. The van der Waals surface area contributed by atoms with Crippen LogP contribution in [-0.4, -0.2) is 34.1 Å². The number of carbonyl (C=O) groups excluding carboxylic acids is 1. The molecule has 0 unspecified atom stereocenters. The molecule has 116 valence electrons. The molecule has 5 heteroatoms. The van der Waals surface area contributed by atoms with Crippen LogP contribution in [0.3, 0.4) is 0 Å². The number of aromatic nitrogens is 2. The average molecular weight is 318 g/mol. The lowest BCUT2D eigenvalue weighted by molar-refractivity contribution is 0.0785. The second kappa shape index (κ2) is 6.53. The molecule has 0 spiro atoms. The number of hydrogen-bond donors (Lipinski definition) is 1. The number of aryl methyl sites for hydroxylation is 1. The highest BCUT2D eigenvalue weighted by Gasteiger charge is 2.29. The predicted octanol–water partition coefficient (Wildman–Crippen LogP) is 3.65. The largest absolute Gasteiger partial charge is 0.337 e. The minimum Gasteiger partial charge on any atom is -0.337 e. The normalized spacial score (nSPS) is 17.9. The molecule has 2 aromatic rings. The first-order chi connectivity index (χ1) is 10.7. The summed E-state index contributed by atoms with van der Waals surface area (Å²) in [7, 11) is 0. The monoisotopic (exact) mass is 317 g/mol. The number of aromatic amines is 1. The topological polar surface area (TPSA) is 49.0 Å². The van der Waals surface area contributed by atoms with Gasteiger partial charge in [-0.1, -0.05) is 43.1 Å². The van der Waals surface area contributed by atoms with Crippen LogP contribution in [0, 0.1) is 0 Å². The molecule has 1 aromatic heterocycles. The number of H-pyrrole nitrogens is 1. The van der Waals surface area contributed by atoms with Crippen LogP contribution in [0.25, 0.3) is 0 Å². The van der Waals surface area contributed by atoms with E-state index >= 15 is 0 Å². The van der Waals surface area contributed by atoms with Gasteiger partial charge in [-0.2, -0.15) is 5.10 Å². The summed E-state index contributed by atoms with van der Waals surface area (Å²) in [5, 5.41) is 7.88. The van der Waals surface area contributed by atoms with E-state index in [0.29, 0.717) is 18.2 Å². The third-order valence-electron chi connectivity index (χ3n) is 4.19. The molecule has 22 heavy (non-hydrogen) atoms. The molecule has 1 fully saturated rings. The fraction of sp³-hybridized carbons (Fsp3) is 0.412. The zero-order valence-corrected chi connectivity index (χ0v) is 13.4. The van der Waals surface area contributed by atoms with E-state index in [0.717, 1.165) is 42.1 Å². The van der Waals surface area contributed by atoms with E-state index in [1.165, 1.54) is 0 Å². The Labute approximate surface area is 135 Å². The van der Waals surface area contributed by atoms with Crippen LogP contribution in [-0.2, 0) is 6.42 Å². The quantitative estimate of drug-likeness (QED) is 0.935. The van der Waals surface area contributed by atoms with Crippen molar-refractivity contribution in [2.24, 2.45) is 0 Å². The van der Waals surface area contributed by atoms with Crippen molar-refractivity contribution in [2.75, 3.05) is 13.1 Å². The number of carbonyl (C=O) groups is 1. The van der Waals surface area contributed by atoms with Crippen molar-refractivity contribution in [1.82, 2.24) is 15.1 Å². The Hall–Kier alpha value is -1.81. The van der Waals surface area contributed by atoms with Gasteiger partial charge in [0.05, 0.1) is 0 Å². The van der Waals surface area contributed by atoms with Crippen molar-refractivity contribution < 1.29 is 4.79 Å². The molecule has 1 aromatic carbocycles. The first-order valence-corrected chi connectivity index (χ1v) is 8.14. The van der Waals surface area contributed by atoms with Crippen molar-refractivity contribution >= 4 is 17.5 Å². The zero-order valence-electron chi connectivity index (χ0n) is 12.7. The Balaban J connectivity index is 1.69. The first kappa shape index (κ1) is 15.1. The molecule has 0 aliphatic carbocycles. The van der Waals surface area contributed by atoms with E-state index in [2.05, 4.69) is 23.2 Å². The van der Waals surface area contributed by atoms with E-state index in [4.69, 9.17) is 11.6 Å². The lowest BCUT2D eigenvalue weighted by Crippen LogP contribution is -2.28. The number of benzene rings is 1. The third kappa shape index (κ3) is 3.02. The van der Waals surface area contributed by atoms with Crippen LogP contribution < -0.4 is 0 Å². The van der Waals surface area contributed by atoms with Gasteiger partial charge in [-0.15, -0.1) is 0 Å². The summed E-state index contributed by atoms with van der Waals surface area (Å²) in [6.07, 6.45) is 2.90. The van der Waals surface area contributed by atoms with Gasteiger partial charge in [0.25, 0.3) is 5.91 Å². The lowest BCUT2D eigenvalue weighted by atomic mass is 9.98. The van der Waals surface area contributed by atoms with E-state index in [1.54, 1.807) is 0 Å². The Morgan fingerprint density at radius 1 is 1.45 bits per heavy atom. The van der Waals surface area contributed by atoms with Crippen LogP contribution in [0.2, 0.25) is 5.02 Å². The van der Waals surface area contributed by atoms with Crippen molar-refractivity contribution in [3.8, 4) is 0 Å². The molecule has 1 aliphatic heterocycles. The molecular formula is C17H20ClN3O. The first-order valence-electron chi connectivity index (χ1n) is 7.77. The SMILES string of the molecule is CCCc1cc(C(=O)N2CC[C@@H](c3ccccc3Cl)C2)n[nH]1. The Morgan fingerprint density at radius 3 is 3.05 bits per heavy atom. The van der Waals surface area contributed by atoms with Gasteiger partial charge in [-0.05, 0) is 30.5 Å². The second-order valence-corrected chi connectivity index (χ2v) is 6.19. The van der Waals surface area contributed by atoms with Crippen LogP contribution in [0.15, 0.2) is 30.3 Å². The summed E-state index contributed by atoms with van der Waals surface area (Å²) in [5.41, 5.74) is 2.67. The van der Waals surface area contributed by atoms with E-state index in [-0.39, 0.29) is 5.91 Å². The van der Waals surface area contributed by atoms with Gasteiger partial charge in [0.15, 0.2) is 0 Å². The molecule has 2 heterocycles. The maximum atomic E-state index is 12.5. The number of rotatable bonds is 4. The predicted molar refractivity (Wildman–Crippen MR) is 87.3 cm³/mol. The van der Waals surface area contributed by atoms with E-state index in [1.807, 2.05) is 29.2 Å². The van der Waals surface area contributed by atoms with E-state index in [9.17, 15) is 4.79 Å². The van der Waals surface area contributed by atoms with Gasteiger partial charge < -0.3 is 4.90 Å². The van der Waals surface area contributed by atoms with Gasteiger partial charge in [0, 0.05) is 29.7 Å². The summed E-state index contributed by atoms with van der Waals surface area (Å²) in [4.78, 5) is 14.4. The van der Waals surface area contributed by atoms with Crippen molar-refractivity contribution in [3.63, 3.8) is 0 Å². The maximum Gasteiger partial charge on any atom is 0.274 e. The summed E-state index contributed by atoms with van der Waals surface area (Å²) in [6, 6.07) is 9.76. The fourth-order valence-electron chi connectivity index (χ4n) is 3.04.